The summed E-state index contributed by atoms with van der Waals surface area (Å²) < 4.78 is 23.8. The van der Waals surface area contributed by atoms with E-state index in [4.69, 9.17) is 21.1 Å². The standard InChI is InChI=1S/C15H12ClFN2O5/c1-23-13-5-3-10(19(21)22)7-14(13)24-8-15(20)18-12-4-2-9(16)6-11(12)17/h2-7H,8H2,1H3,(H,18,20). The zero-order valence-electron chi connectivity index (χ0n) is 12.4. The summed E-state index contributed by atoms with van der Waals surface area (Å²) in [5.74, 6) is -1.09. The van der Waals surface area contributed by atoms with Crippen molar-refractivity contribution in [2.75, 3.05) is 19.0 Å². The molecule has 0 saturated heterocycles. The number of amides is 1. The Balaban J connectivity index is 2.05. The Bertz CT molecular complexity index is 784. The highest BCUT2D eigenvalue weighted by Crippen LogP contribution is 2.31. The summed E-state index contributed by atoms with van der Waals surface area (Å²) in [6, 6.07) is 7.52. The third kappa shape index (κ3) is 4.32. The first kappa shape index (κ1) is 17.5. The molecule has 2 aromatic carbocycles. The second kappa shape index (κ2) is 7.60. The molecule has 0 saturated carbocycles. The van der Waals surface area contributed by atoms with E-state index in [9.17, 15) is 19.3 Å². The number of carbonyl (C=O) groups excluding carboxylic acids is 1. The molecule has 0 unspecified atom stereocenters. The molecule has 0 aliphatic heterocycles. The summed E-state index contributed by atoms with van der Waals surface area (Å²) in [5, 5.41) is 13.3. The molecule has 0 atom stereocenters. The third-order valence-electron chi connectivity index (χ3n) is 2.92. The van der Waals surface area contributed by atoms with Gasteiger partial charge < -0.3 is 14.8 Å². The number of methoxy groups -OCH3 is 1. The summed E-state index contributed by atoms with van der Waals surface area (Å²) in [4.78, 5) is 22.0. The van der Waals surface area contributed by atoms with Gasteiger partial charge in [0.1, 0.15) is 5.82 Å². The van der Waals surface area contributed by atoms with Gasteiger partial charge in [0.05, 0.1) is 23.8 Å². The van der Waals surface area contributed by atoms with Gasteiger partial charge in [-0.05, 0) is 24.3 Å². The van der Waals surface area contributed by atoms with Gasteiger partial charge in [-0.1, -0.05) is 11.6 Å². The van der Waals surface area contributed by atoms with Gasteiger partial charge in [0.15, 0.2) is 18.1 Å². The summed E-state index contributed by atoms with van der Waals surface area (Å²) in [6.07, 6.45) is 0. The molecule has 9 heteroatoms. The van der Waals surface area contributed by atoms with E-state index >= 15 is 0 Å². The van der Waals surface area contributed by atoms with Crippen molar-refractivity contribution in [2.45, 2.75) is 0 Å². The molecule has 0 aromatic heterocycles. The van der Waals surface area contributed by atoms with Crippen LogP contribution in [0, 0.1) is 15.9 Å². The molecule has 1 amide bonds. The Hall–Kier alpha value is -2.87. The maximum Gasteiger partial charge on any atom is 0.273 e. The lowest BCUT2D eigenvalue weighted by Crippen LogP contribution is -2.21. The average molecular weight is 355 g/mol. The normalized spacial score (nSPS) is 10.1. The highest BCUT2D eigenvalue weighted by atomic mass is 35.5. The molecule has 0 aliphatic carbocycles. The first-order chi connectivity index (χ1) is 11.4. The molecule has 0 radical (unpaired) electrons. The lowest BCUT2D eigenvalue weighted by Gasteiger charge is -2.11. The number of non-ortho nitro benzene ring substituents is 1. The Morgan fingerprint density at radius 2 is 2.04 bits per heavy atom. The number of nitrogens with zero attached hydrogens (tertiary/aromatic N) is 1. The molecule has 2 aromatic rings. The second-order valence-corrected chi connectivity index (χ2v) is 4.99. The zero-order valence-corrected chi connectivity index (χ0v) is 13.2. The topological polar surface area (TPSA) is 90.7 Å². The van der Waals surface area contributed by atoms with E-state index in [0.29, 0.717) is 0 Å². The van der Waals surface area contributed by atoms with Crippen LogP contribution in [0.15, 0.2) is 36.4 Å². The van der Waals surface area contributed by atoms with Crippen molar-refractivity contribution in [1.82, 2.24) is 0 Å². The van der Waals surface area contributed by atoms with Crippen LogP contribution in [-0.4, -0.2) is 24.5 Å². The highest BCUT2D eigenvalue weighted by Gasteiger charge is 2.14. The lowest BCUT2D eigenvalue weighted by atomic mass is 10.3. The van der Waals surface area contributed by atoms with Crippen LogP contribution in [-0.2, 0) is 4.79 Å². The van der Waals surface area contributed by atoms with E-state index in [1.54, 1.807) is 0 Å². The first-order valence-electron chi connectivity index (χ1n) is 6.61. The average Bonchev–Trinajstić information content (AvgIpc) is 2.55. The Morgan fingerprint density at radius 1 is 1.29 bits per heavy atom. The number of hydrogen-bond donors (Lipinski definition) is 1. The van der Waals surface area contributed by atoms with Gasteiger partial charge in [-0.25, -0.2) is 4.39 Å². The van der Waals surface area contributed by atoms with Crippen LogP contribution in [0.3, 0.4) is 0 Å². The van der Waals surface area contributed by atoms with Crippen LogP contribution in [0.2, 0.25) is 5.02 Å². The molecule has 7 nitrogen and oxygen atoms in total. The molecule has 0 aliphatic rings. The fourth-order valence-electron chi connectivity index (χ4n) is 1.81. The van der Waals surface area contributed by atoms with Crippen molar-refractivity contribution in [2.24, 2.45) is 0 Å². The molecular formula is C15H12ClFN2O5. The van der Waals surface area contributed by atoms with Crippen molar-refractivity contribution >= 4 is 28.9 Å². The van der Waals surface area contributed by atoms with Crippen LogP contribution in [0.25, 0.3) is 0 Å². The van der Waals surface area contributed by atoms with Gasteiger partial charge >= 0.3 is 0 Å². The minimum absolute atomic E-state index is 0.0263. The number of carbonyl (C=O) groups is 1. The predicted molar refractivity (Wildman–Crippen MR) is 85.2 cm³/mol. The molecule has 24 heavy (non-hydrogen) atoms. The molecule has 0 spiro atoms. The monoisotopic (exact) mass is 354 g/mol. The predicted octanol–water partition coefficient (Wildman–Crippen LogP) is 3.41. The number of benzene rings is 2. The van der Waals surface area contributed by atoms with Gasteiger partial charge in [-0.15, -0.1) is 0 Å². The summed E-state index contributed by atoms with van der Waals surface area (Å²) in [5.41, 5.74) is -0.269. The Morgan fingerprint density at radius 3 is 2.67 bits per heavy atom. The van der Waals surface area contributed by atoms with Crippen molar-refractivity contribution in [3.05, 3.63) is 57.4 Å². The van der Waals surface area contributed by atoms with Gasteiger partial charge in [0.25, 0.3) is 11.6 Å². The van der Waals surface area contributed by atoms with E-state index in [-0.39, 0.29) is 27.9 Å². The van der Waals surface area contributed by atoms with Gasteiger partial charge in [0, 0.05) is 11.1 Å². The number of nitro benzene ring substituents is 1. The van der Waals surface area contributed by atoms with Crippen LogP contribution in [0.1, 0.15) is 0 Å². The number of halogens is 2. The molecule has 0 fully saturated rings. The molecular weight excluding hydrogens is 343 g/mol. The maximum absolute atomic E-state index is 13.6. The molecule has 126 valence electrons. The van der Waals surface area contributed by atoms with Gasteiger partial charge in [0.2, 0.25) is 0 Å². The zero-order chi connectivity index (χ0) is 17.7. The van der Waals surface area contributed by atoms with Crippen molar-refractivity contribution in [3.8, 4) is 11.5 Å². The molecule has 0 bridgehead atoms. The minimum atomic E-state index is -0.691. The number of ether oxygens (including phenoxy) is 2. The number of anilines is 1. The van der Waals surface area contributed by atoms with E-state index in [2.05, 4.69) is 5.32 Å². The fourth-order valence-corrected chi connectivity index (χ4v) is 1.97. The lowest BCUT2D eigenvalue weighted by molar-refractivity contribution is -0.385. The van der Waals surface area contributed by atoms with Crippen molar-refractivity contribution < 1.29 is 23.6 Å². The fraction of sp³-hybridized carbons (Fsp3) is 0.133. The first-order valence-corrected chi connectivity index (χ1v) is 6.98. The van der Waals surface area contributed by atoms with E-state index in [0.717, 1.165) is 12.1 Å². The largest absolute Gasteiger partial charge is 0.493 e. The SMILES string of the molecule is COc1ccc([N+](=O)[O-])cc1OCC(=O)Nc1ccc(Cl)cc1F. The smallest absolute Gasteiger partial charge is 0.273 e. The van der Waals surface area contributed by atoms with Crippen molar-refractivity contribution in [1.29, 1.82) is 0 Å². The van der Waals surface area contributed by atoms with E-state index in [1.165, 1.54) is 31.4 Å². The maximum atomic E-state index is 13.6. The Labute approximate surface area is 141 Å². The van der Waals surface area contributed by atoms with E-state index < -0.39 is 23.3 Å². The summed E-state index contributed by atoms with van der Waals surface area (Å²) in [6.45, 7) is -0.487. The van der Waals surface area contributed by atoms with Crippen LogP contribution < -0.4 is 14.8 Å². The quantitative estimate of drug-likeness (QED) is 0.634. The number of nitro groups is 1. The Kier molecular flexibility index (Phi) is 5.54. The highest BCUT2D eigenvalue weighted by molar-refractivity contribution is 6.30. The third-order valence-corrected chi connectivity index (χ3v) is 3.16. The summed E-state index contributed by atoms with van der Waals surface area (Å²) >= 11 is 5.62. The van der Waals surface area contributed by atoms with Crippen LogP contribution >= 0.6 is 11.6 Å². The minimum Gasteiger partial charge on any atom is -0.493 e. The van der Waals surface area contributed by atoms with E-state index in [1.807, 2.05) is 0 Å². The number of rotatable bonds is 6. The molecule has 0 heterocycles. The van der Waals surface area contributed by atoms with Gasteiger partial charge in [-0.3, -0.25) is 14.9 Å². The number of hydrogen-bond acceptors (Lipinski definition) is 5. The van der Waals surface area contributed by atoms with Crippen molar-refractivity contribution in [3.63, 3.8) is 0 Å². The molecule has 2 rings (SSSR count). The number of nitrogens with one attached hydrogen (secondary N) is 1. The van der Waals surface area contributed by atoms with Crippen LogP contribution in [0.5, 0.6) is 11.5 Å². The van der Waals surface area contributed by atoms with Crippen LogP contribution in [0.4, 0.5) is 15.8 Å². The summed E-state index contributed by atoms with van der Waals surface area (Å²) in [7, 11) is 1.36. The molecule has 1 N–H and O–H groups in total. The second-order valence-electron chi connectivity index (χ2n) is 4.55. The van der Waals surface area contributed by atoms with Gasteiger partial charge in [-0.2, -0.15) is 0 Å².